The zero-order valence-electron chi connectivity index (χ0n) is 11.1. The SMILES string of the molecule is CCCCCCCCCCC(=O)OCCC. The lowest BCUT2D eigenvalue weighted by molar-refractivity contribution is -0.143. The fraction of sp³-hybridized carbons (Fsp3) is 0.929. The summed E-state index contributed by atoms with van der Waals surface area (Å²) in [6.45, 7) is 4.83. The van der Waals surface area contributed by atoms with Crippen molar-refractivity contribution >= 4 is 5.97 Å². The third kappa shape index (κ3) is 11.5. The molecule has 0 saturated heterocycles. The molecule has 2 heteroatoms. The number of rotatable bonds is 11. The van der Waals surface area contributed by atoms with Gasteiger partial charge in [-0.3, -0.25) is 4.79 Å². The molecule has 96 valence electrons. The molecular formula is C14H28O2. The van der Waals surface area contributed by atoms with Gasteiger partial charge in [-0.2, -0.15) is 0 Å². The first-order valence-electron chi connectivity index (χ1n) is 6.96. The molecule has 0 unspecified atom stereocenters. The zero-order valence-corrected chi connectivity index (χ0v) is 11.1. The van der Waals surface area contributed by atoms with Crippen LogP contribution in [0.2, 0.25) is 0 Å². The highest BCUT2D eigenvalue weighted by atomic mass is 16.5. The van der Waals surface area contributed by atoms with Crippen molar-refractivity contribution in [2.24, 2.45) is 0 Å². The molecule has 0 aliphatic heterocycles. The van der Waals surface area contributed by atoms with Crippen LogP contribution in [0.15, 0.2) is 0 Å². The van der Waals surface area contributed by atoms with E-state index < -0.39 is 0 Å². The summed E-state index contributed by atoms with van der Waals surface area (Å²) in [6, 6.07) is 0. The number of carbonyl (C=O) groups excluding carboxylic acids is 1. The smallest absolute Gasteiger partial charge is 0.305 e. The maximum Gasteiger partial charge on any atom is 0.305 e. The van der Waals surface area contributed by atoms with Gasteiger partial charge in [-0.25, -0.2) is 0 Å². The predicted molar refractivity (Wildman–Crippen MR) is 68.5 cm³/mol. The Kier molecular flexibility index (Phi) is 12.1. The van der Waals surface area contributed by atoms with E-state index in [-0.39, 0.29) is 5.97 Å². The molecule has 0 rings (SSSR count). The molecule has 0 saturated carbocycles. The Bertz CT molecular complexity index is 155. The summed E-state index contributed by atoms with van der Waals surface area (Å²) in [5.74, 6) is -0.0205. The molecule has 0 fully saturated rings. The van der Waals surface area contributed by atoms with Crippen LogP contribution in [0.5, 0.6) is 0 Å². The molecule has 0 heterocycles. The van der Waals surface area contributed by atoms with Gasteiger partial charge >= 0.3 is 5.97 Å². The van der Waals surface area contributed by atoms with E-state index in [2.05, 4.69) is 6.92 Å². The number of esters is 1. The van der Waals surface area contributed by atoms with Crippen molar-refractivity contribution in [3.8, 4) is 0 Å². The summed E-state index contributed by atoms with van der Waals surface area (Å²) < 4.78 is 5.01. The Hall–Kier alpha value is -0.530. The van der Waals surface area contributed by atoms with E-state index in [4.69, 9.17) is 4.74 Å². The Labute approximate surface area is 101 Å². The van der Waals surface area contributed by atoms with E-state index in [1.54, 1.807) is 0 Å². The van der Waals surface area contributed by atoms with Crippen LogP contribution in [-0.2, 0) is 9.53 Å². The van der Waals surface area contributed by atoms with Crippen molar-refractivity contribution in [3.05, 3.63) is 0 Å². The van der Waals surface area contributed by atoms with Crippen LogP contribution in [0.25, 0.3) is 0 Å². The van der Waals surface area contributed by atoms with Crippen LogP contribution in [0.1, 0.15) is 78.1 Å². The average molecular weight is 228 g/mol. The van der Waals surface area contributed by atoms with Gasteiger partial charge in [-0.05, 0) is 12.8 Å². The average Bonchev–Trinajstić information content (AvgIpc) is 2.30. The van der Waals surface area contributed by atoms with Gasteiger partial charge in [-0.15, -0.1) is 0 Å². The molecule has 0 bridgehead atoms. The number of hydrogen-bond acceptors (Lipinski definition) is 2. The van der Waals surface area contributed by atoms with E-state index in [1.165, 1.54) is 44.9 Å². The summed E-state index contributed by atoms with van der Waals surface area (Å²) >= 11 is 0. The molecule has 0 radical (unpaired) electrons. The largest absolute Gasteiger partial charge is 0.466 e. The summed E-state index contributed by atoms with van der Waals surface area (Å²) in [5.41, 5.74) is 0. The quantitative estimate of drug-likeness (QED) is 0.385. The molecule has 0 aromatic heterocycles. The zero-order chi connectivity index (χ0) is 12.1. The Morgan fingerprint density at radius 2 is 1.38 bits per heavy atom. The second kappa shape index (κ2) is 12.5. The molecule has 0 N–H and O–H groups in total. The minimum Gasteiger partial charge on any atom is -0.466 e. The Balaban J connectivity index is 3.05. The van der Waals surface area contributed by atoms with E-state index in [1.807, 2.05) is 6.92 Å². The molecular weight excluding hydrogens is 200 g/mol. The van der Waals surface area contributed by atoms with E-state index in [0.29, 0.717) is 13.0 Å². The van der Waals surface area contributed by atoms with E-state index in [9.17, 15) is 4.79 Å². The Morgan fingerprint density at radius 3 is 1.94 bits per heavy atom. The van der Waals surface area contributed by atoms with Gasteiger partial charge in [0.15, 0.2) is 0 Å². The fourth-order valence-electron chi connectivity index (χ4n) is 1.69. The third-order valence-corrected chi connectivity index (χ3v) is 2.70. The van der Waals surface area contributed by atoms with Crippen molar-refractivity contribution in [1.29, 1.82) is 0 Å². The number of ether oxygens (including phenoxy) is 1. The Morgan fingerprint density at radius 1 is 0.812 bits per heavy atom. The maximum absolute atomic E-state index is 11.2. The molecule has 0 aromatic rings. The van der Waals surface area contributed by atoms with Gasteiger partial charge in [0.2, 0.25) is 0 Å². The van der Waals surface area contributed by atoms with Crippen molar-refractivity contribution in [2.75, 3.05) is 6.61 Å². The van der Waals surface area contributed by atoms with Crippen LogP contribution in [0.4, 0.5) is 0 Å². The van der Waals surface area contributed by atoms with Gasteiger partial charge in [0.25, 0.3) is 0 Å². The highest BCUT2D eigenvalue weighted by molar-refractivity contribution is 5.69. The van der Waals surface area contributed by atoms with E-state index in [0.717, 1.165) is 12.8 Å². The van der Waals surface area contributed by atoms with Gasteiger partial charge in [0, 0.05) is 6.42 Å². The van der Waals surface area contributed by atoms with Crippen LogP contribution in [0, 0.1) is 0 Å². The fourth-order valence-corrected chi connectivity index (χ4v) is 1.69. The van der Waals surface area contributed by atoms with Gasteiger partial charge in [0.05, 0.1) is 6.61 Å². The normalized spacial score (nSPS) is 10.4. The first-order valence-corrected chi connectivity index (χ1v) is 6.96. The van der Waals surface area contributed by atoms with Crippen LogP contribution in [0.3, 0.4) is 0 Å². The molecule has 0 spiro atoms. The number of hydrogen-bond donors (Lipinski definition) is 0. The van der Waals surface area contributed by atoms with E-state index >= 15 is 0 Å². The highest BCUT2D eigenvalue weighted by Gasteiger charge is 2.01. The van der Waals surface area contributed by atoms with Crippen molar-refractivity contribution in [3.63, 3.8) is 0 Å². The first-order chi connectivity index (χ1) is 7.81. The molecule has 0 aromatic carbocycles. The standard InChI is InChI=1S/C14H28O2/c1-3-5-6-7-8-9-10-11-12-14(15)16-13-4-2/h3-13H2,1-2H3. The molecule has 0 aliphatic rings. The van der Waals surface area contributed by atoms with Gasteiger partial charge in [-0.1, -0.05) is 58.8 Å². The minimum atomic E-state index is -0.0205. The third-order valence-electron chi connectivity index (χ3n) is 2.70. The molecule has 0 atom stereocenters. The first kappa shape index (κ1) is 15.5. The van der Waals surface area contributed by atoms with Gasteiger partial charge < -0.3 is 4.74 Å². The van der Waals surface area contributed by atoms with Crippen molar-refractivity contribution < 1.29 is 9.53 Å². The lowest BCUT2D eigenvalue weighted by Crippen LogP contribution is -2.04. The monoisotopic (exact) mass is 228 g/mol. The summed E-state index contributed by atoms with van der Waals surface area (Å²) in [6.07, 6.45) is 11.7. The number of unbranched alkanes of at least 4 members (excludes halogenated alkanes) is 7. The topological polar surface area (TPSA) is 26.3 Å². The molecule has 2 nitrogen and oxygen atoms in total. The highest BCUT2D eigenvalue weighted by Crippen LogP contribution is 2.09. The molecule has 0 aliphatic carbocycles. The second-order valence-electron chi connectivity index (χ2n) is 4.45. The van der Waals surface area contributed by atoms with Crippen molar-refractivity contribution in [1.82, 2.24) is 0 Å². The number of carbonyl (C=O) groups is 1. The lowest BCUT2D eigenvalue weighted by Gasteiger charge is -2.03. The van der Waals surface area contributed by atoms with Crippen molar-refractivity contribution in [2.45, 2.75) is 78.1 Å². The molecule has 16 heavy (non-hydrogen) atoms. The lowest BCUT2D eigenvalue weighted by atomic mass is 10.1. The van der Waals surface area contributed by atoms with Gasteiger partial charge in [0.1, 0.15) is 0 Å². The van der Waals surface area contributed by atoms with Crippen LogP contribution >= 0.6 is 0 Å². The summed E-state index contributed by atoms with van der Waals surface area (Å²) in [5, 5.41) is 0. The maximum atomic E-state index is 11.2. The summed E-state index contributed by atoms with van der Waals surface area (Å²) in [7, 11) is 0. The second-order valence-corrected chi connectivity index (χ2v) is 4.45. The van der Waals surface area contributed by atoms with Crippen LogP contribution in [-0.4, -0.2) is 12.6 Å². The predicted octanol–water partition coefficient (Wildman–Crippen LogP) is 4.47. The van der Waals surface area contributed by atoms with Crippen LogP contribution < -0.4 is 0 Å². The molecule has 0 amide bonds. The minimum absolute atomic E-state index is 0.0205. The summed E-state index contributed by atoms with van der Waals surface area (Å²) in [4.78, 5) is 11.2.